The molecular formula is C11H19N3. The Hall–Kier alpha value is -0.930. The Morgan fingerprint density at radius 2 is 2.29 bits per heavy atom. The third-order valence-electron chi connectivity index (χ3n) is 2.33. The highest BCUT2D eigenvalue weighted by molar-refractivity contribution is 5.19. The van der Waals surface area contributed by atoms with Crippen LogP contribution in [0.4, 0.5) is 0 Å². The van der Waals surface area contributed by atoms with Crippen LogP contribution >= 0.6 is 0 Å². The summed E-state index contributed by atoms with van der Waals surface area (Å²) in [5.41, 5.74) is 6.79. The molecule has 1 heterocycles. The summed E-state index contributed by atoms with van der Waals surface area (Å²) in [5, 5.41) is 3.32. The number of nitrogens with one attached hydrogen (secondary N) is 1. The van der Waals surface area contributed by atoms with E-state index in [1.54, 1.807) is 6.20 Å². The molecule has 0 aliphatic carbocycles. The van der Waals surface area contributed by atoms with E-state index in [0.717, 1.165) is 13.1 Å². The monoisotopic (exact) mass is 193 g/mol. The highest BCUT2D eigenvalue weighted by Crippen LogP contribution is 2.20. The van der Waals surface area contributed by atoms with E-state index in [4.69, 9.17) is 5.73 Å². The second kappa shape index (κ2) is 5.08. The highest BCUT2D eigenvalue weighted by atomic mass is 14.9. The molecular weight excluding hydrogens is 174 g/mol. The van der Waals surface area contributed by atoms with Gasteiger partial charge >= 0.3 is 0 Å². The Bertz CT molecular complexity index is 256. The molecule has 0 radical (unpaired) electrons. The van der Waals surface area contributed by atoms with Crippen LogP contribution in [0.5, 0.6) is 0 Å². The molecule has 0 atom stereocenters. The summed E-state index contributed by atoms with van der Waals surface area (Å²) < 4.78 is 0. The zero-order chi connectivity index (χ0) is 10.4. The van der Waals surface area contributed by atoms with Gasteiger partial charge in [0.05, 0.1) is 0 Å². The number of pyridine rings is 1. The van der Waals surface area contributed by atoms with Crippen LogP contribution in [0.2, 0.25) is 0 Å². The average molecular weight is 193 g/mol. The maximum absolute atomic E-state index is 5.42. The minimum absolute atomic E-state index is 0.115. The summed E-state index contributed by atoms with van der Waals surface area (Å²) >= 11 is 0. The van der Waals surface area contributed by atoms with Crippen molar-refractivity contribution in [2.75, 3.05) is 19.6 Å². The summed E-state index contributed by atoms with van der Waals surface area (Å²) in [6, 6.07) is 4.08. The van der Waals surface area contributed by atoms with Crippen LogP contribution in [0.3, 0.4) is 0 Å². The molecule has 78 valence electrons. The van der Waals surface area contributed by atoms with Gasteiger partial charge in [-0.3, -0.25) is 4.98 Å². The number of rotatable bonds is 5. The highest BCUT2D eigenvalue weighted by Gasteiger charge is 2.19. The molecule has 0 saturated heterocycles. The number of nitrogens with two attached hydrogens (primary N) is 1. The summed E-state index contributed by atoms with van der Waals surface area (Å²) in [4.78, 5) is 4.13. The molecule has 14 heavy (non-hydrogen) atoms. The van der Waals surface area contributed by atoms with Gasteiger partial charge in [-0.2, -0.15) is 0 Å². The van der Waals surface area contributed by atoms with Gasteiger partial charge in [-0.25, -0.2) is 0 Å². The van der Waals surface area contributed by atoms with Crippen molar-refractivity contribution < 1.29 is 0 Å². The van der Waals surface area contributed by atoms with Crippen LogP contribution in [-0.2, 0) is 5.41 Å². The van der Waals surface area contributed by atoms with Crippen molar-refractivity contribution in [2.24, 2.45) is 5.73 Å². The lowest BCUT2D eigenvalue weighted by Gasteiger charge is -2.25. The molecule has 0 aromatic carbocycles. The first kappa shape index (κ1) is 11.1. The van der Waals surface area contributed by atoms with Crippen molar-refractivity contribution in [3.8, 4) is 0 Å². The SMILES string of the molecule is CC(C)(CNCCN)c1cccnc1. The van der Waals surface area contributed by atoms with Crippen LogP contribution in [-0.4, -0.2) is 24.6 Å². The van der Waals surface area contributed by atoms with Crippen LogP contribution < -0.4 is 11.1 Å². The predicted molar refractivity (Wildman–Crippen MR) is 59.2 cm³/mol. The van der Waals surface area contributed by atoms with Gasteiger partial charge in [0.15, 0.2) is 0 Å². The Balaban J connectivity index is 2.56. The fourth-order valence-electron chi connectivity index (χ4n) is 1.37. The van der Waals surface area contributed by atoms with Gasteiger partial charge in [-0.15, -0.1) is 0 Å². The summed E-state index contributed by atoms with van der Waals surface area (Å²) in [7, 11) is 0. The predicted octanol–water partition coefficient (Wildman–Crippen LogP) is 0.907. The molecule has 3 nitrogen and oxygen atoms in total. The Kier molecular flexibility index (Phi) is 4.04. The van der Waals surface area contributed by atoms with Gasteiger partial charge in [0.2, 0.25) is 0 Å². The van der Waals surface area contributed by atoms with Crippen LogP contribution in [0.15, 0.2) is 24.5 Å². The van der Waals surface area contributed by atoms with Gasteiger partial charge in [0, 0.05) is 37.4 Å². The van der Waals surface area contributed by atoms with E-state index < -0.39 is 0 Å². The largest absolute Gasteiger partial charge is 0.329 e. The Morgan fingerprint density at radius 3 is 2.86 bits per heavy atom. The van der Waals surface area contributed by atoms with E-state index in [0.29, 0.717) is 6.54 Å². The normalized spacial score (nSPS) is 11.6. The summed E-state index contributed by atoms with van der Waals surface area (Å²) in [5.74, 6) is 0. The van der Waals surface area contributed by atoms with Crippen molar-refractivity contribution in [2.45, 2.75) is 19.3 Å². The molecule has 3 N–H and O–H groups in total. The van der Waals surface area contributed by atoms with Gasteiger partial charge in [-0.05, 0) is 11.6 Å². The minimum Gasteiger partial charge on any atom is -0.329 e. The number of hydrogen-bond donors (Lipinski definition) is 2. The first-order chi connectivity index (χ1) is 6.67. The molecule has 0 spiro atoms. The van der Waals surface area contributed by atoms with Gasteiger partial charge < -0.3 is 11.1 Å². The zero-order valence-corrected chi connectivity index (χ0v) is 8.96. The van der Waals surface area contributed by atoms with E-state index in [9.17, 15) is 0 Å². The smallest absolute Gasteiger partial charge is 0.0305 e. The third-order valence-corrected chi connectivity index (χ3v) is 2.33. The standard InChI is InChI=1S/C11H19N3/c1-11(2,9-14-7-5-12)10-4-3-6-13-8-10/h3-4,6,8,14H,5,7,9,12H2,1-2H3. The number of aromatic nitrogens is 1. The molecule has 0 aliphatic rings. The Morgan fingerprint density at radius 1 is 1.50 bits per heavy atom. The summed E-state index contributed by atoms with van der Waals surface area (Å²) in [6.07, 6.45) is 3.72. The molecule has 0 aliphatic heterocycles. The van der Waals surface area contributed by atoms with Gasteiger partial charge in [0.25, 0.3) is 0 Å². The van der Waals surface area contributed by atoms with Crippen LogP contribution in [0.1, 0.15) is 19.4 Å². The van der Waals surface area contributed by atoms with Crippen molar-refractivity contribution in [1.82, 2.24) is 10.3 Å². The second-order valence-electron chi connectivity index (χ2n) is 4.09. The molecule has 0 fully saturated rings. The molecule has 0 unspecified atom stereocenters. The second-order valence-corrected chi connectivity index (χ2v) is 4.09. The van der Waals surface area contributed by atoms with Gasteiger partial charge in [0.1, 0.15) is 0 Å². The molecule has 0 bridgehead atoms. The fraction of sp³-hybridized carbons (Fsp3) is 0.545. The van der Waals surface area contributed by atoms with E-state index in [-0.39, 0.29) is 5.41 Å². The zero-order valence-electron chi connectivity index (χ0n) is 8.96. The molecule has 1 aromatic heterocycles. The van der Waals surface area contributed by atoms with Crippen molar-refractivity contribution in [3.05, 3.63) is 30.1 Å². The summed E-state index contributed by atoms with van der Waals surface area (Å²) in [6.45, 7) is 6.88. The number of nitrogens with zero attached hydrogens (tertiary/aromatic N) is 1. The van der Waals surface area contributed by atoms with Crippen LogP contribution in [0.25, 0.3) is 0 Å². The fourth-order valence-corrected chi connectivity index (χ4v) is 1.37. The van der Waals surface area contributed by atoms with E-state index in [2.05, 4.69) is 30.2 Å². The quantitative estimate of drug-likeness (QED) is 0.683. The minimum atomic E-state index is 0.115. The van der Waals surface area contributed by atoms with Gasteiger partial charge in [-0.1, -0.05) is 19.9 Å². The van der Waals surface area contributed by atoms with Crippen molar-refractivity contribution >= 4 is 0 Å². The maximum atomic E-state index is 5.42. The molecule has 0 amide bonds. The molecule has 0 saturated carbocycles. The first-order valence-electron chi connectivity index (χ1n) is 4.98. The third kappa shape index (κ3) is 3.09. The maximum Gasteiger partial charge on any atom is 0.0305 e. The lowest BCUT2D eigenvalue weighted by Crippen LogP contribution is -2.35. The van der Waals surface area contributed by atoms with E-state index in [1.807, 2.05) is 12.3 Å². The Labute approximate surface area is 85.7 Å². The molecule has 1 rings (SSSR count). The lowest BCUT2D eigenvalue weighted by molar-refractivity contribution is 0.472. The van der Waals surface area contributed by atoms with Crippen molar-refractivity contribution in [1.29, 1.82) is 0 Å². The molecule has 1 aromatic rings. The average Bonchev–Trinajstić information content (AvgIpc) is 2.19. The van der Waals surface area contributed by atoms with Crippen molar-refractivity contribution in [3.63, 3.8) is 0 Å². The molecule has 3 heteroatoms. The number of hydrogen-bond acceptors (Lipinski definition) is 3. The topological polar surface area (TPSA) is 50.9 Å². The van der Waals surface area contributed by atoms with Crippen LogP contribution in [0, 0.1) is 0 Å². The lowest BCUT2D eigenvalue weighted by atomic mass is 9.86. The van der Waals surface area contributed by atoms with E-state index in [1.165, 1.54) is 5.56 Å². The van der Waals surface area contributed by atoms with E-state index >= 15 is 0 Å². The first-order valence-corrected chi connectivity index (χ1v) is 4.98.